The zero-order valence-electron chi connectivity index (χ0n) is 21.8. The lowest BCUT2D eigenvalue weighted by Crippen LogP contribution is -2.43. The Morgan fingerprint density at radius 3 is 2.54 bits per heavy atom. The van der Waals surface area contributed by atoms with E-state index in [1.807, 2.05) is 32.3 Å². The van der Waals surface area contributed by atoms with Crippen molar-refractivity contribution in [3.05, 3.63) is 72.6 Å². The van der Waals surface area contributed by atoms with E-state index in [-0.39, 0.29) is 22.4 Å². The van der Waals surface area contributed by atoms with E-state index in [1.165, 1.54) is 12.1 Å². The Labute approximate surface area is 227 Å². The van der Waals surface area contributed by atoms with Crippen LogP contribution in [0.3, 0.4) is 0 Å². The smallest absolute Gasteiger partial charge is 0.262 e. The highest BCUT2D eigenvalue weighted by molar-refractivity contribution is 7.92. The third kappa shape index (κ3) is 4.20. The van der Waals surface area contributed by atoms with Gasteiger partial charge in [0.1, 0.15) is 12.3 Å². The van der Waals surface area contributed by atoms with Gasteiger partial charge in [-0.25, -0.2) is 13.4 Å². The molecule has 1 aliphatic heterocycles. The molecule has 0 atom stereocenters. The number of fused-ring (bicyclic) bond motifs is 4. The fourth-order valence-corrected chi connectivity index (χ4v) is 6.57. The van der Waals surface area contributed by atoms with Gasteiger partial charge in [0.2, 0.25) is 11.8 Å². The molecule has 1 saturated carbocycles. The maximum Gasteiger partial charge on any atom is 0.262 e. The predicted molar refractivity (Wildman–Crippen MR) is 151 cm³/mol. The average molecular weight is 544 g/mol. The molecule has 2 aromatic carbocycles. The van der Waals surface area contributed by atoms with Gasteiger partial charge in [0.15, 0.2) is 0 Å². The molecular weight excluding hydrogens is 514 g/mol. The van der Waals surface area contributed by atoms with E-state index in [0.717, 1.165) is 47.0 Å². The van der Waals surface area contributed by atoms with Crippen LogP contribution in [0.2, 0.25) is 0 Å². The van der Waals surface area contributed by atoms with Crippen LogP contribution in [0.4, 0.5) is 11.4 Å². The summed E-state index contributed by atoms with van der Waals surface area (Å²) in [6.07, 6.45) is 6.14. The van der Waals surface area contributed by atoms with Gasteiger partial charge in [-0.15, -0.1) is 0 Å². The SMILES string of the molecule is CNCCOc1ncc(-c2ccc3ncc4c(c3c2)C2(CCC2)C(=O)N4C)cc1NS(=O)(=O)c1ccccc1. The Balaban J connectivity index is 1.44. The molecule has 2 aliphatic rings. The first-order valence-corrected chi connectivity index (χ1v) is 14.4. The second kappa shape index (κ2) is 9.62. The maximum absolute atomic E-state index is 13.2. The number of likely N-dealkylation sites (N-methyl/N-ethyl adjacent to an activating group) is 2. The van der Waals surface area contributed by atoms with Crippen molar-refractivity contribution in [2.75, 3.05) is 36.9 Å². The molecule has 3 heterocycles. The van der Waals surface area contributed by atoms with Crippen LogP contribution in [0.5, 0.6) is 5.88 Å². The lowest BCUT2D eigenvalue weighted by molar-refractivity contribution is -0.125. The number of carbonyl (C=O) groups is 1. The lowest BCUT2D eigenvalue weighted by atomic mass is 9.64. The Kier molecular flexibility index (Phi) is 6.23. The van der Waals surface area contributed by atoms with Gasteiger partial charge in [-0.1, -0.05) is 30.7 Å². The molecule has 200 valence electrons. The summed E-state index contributed by atoms with van der Waals surface area (Å²) in [5.74, 6) is 0.322. The van der Waals surface area contributed by atoms with E-state index >= 15 is 0 Å². The fourth-order valence-electron chi connectivity index (χ4n) is 5.50. The highest BCUT2D eigenvalue weighted by Gasteiger charge is 2.54. The van der Waals surface area contributed by atoms with Gasteiger partial charge in [-0.2, -0.15) is 0 Å². The largest absolute Gasteiger partial charge is 0.475 e. The summed E-state index contributed by atoms with van der Waals surface area (Å²) in [4.78, 5) is 24.2. The van der Waals surface area contributed by atoms with Crippen molar-refractivity contribution < 1.29 is 17.9 Å². The zero-order chi connectivity index (χ0) is 27.2. The highest BCUT2D eigenvalue weighted by atomic mass is 32.2. The Hall–Kier alpha value is -4.02. The molecule has 39 heavy (non-hydrogen) atoms. The molecule has 0 bridgehead atoms. The minimum absolute atomic E-state index is 0.130. The maximum atomic E-state index is 13.2. The van der Waals surface area contributed by atoms with Crippen LogP contribution in [0, 0.1) is 0 Å². The third-order valence-corrected chi connectivity index (χ3v) is 9.06. The van der Waals surface area contributed by atoms with E-state index in [1.54, 1.807) is 41.6 Å². The molecule has 4 aromatic rings. The fraction of sp³-hybridized carbons (Fsp3) is 0.276. The summed E-state index contributed by atoms with van der Waals surface area (Å²) in [7, 11) is -0.248. The molecule has 1 fully saturated rings. The number of hydrogen-bond acceptors (Lipinski definition) is 7. The first-order valence-electron chi connectivity index (χ1n) is 12.9. The number of aromatic nitrogens is 2. The van der Waals surface area contributed by atoms with Gasteiger partial charge in [0.05, 0.1) is 27.7 Å². The van der Waals surface area contributed by atoms with E-state index in [9.17, 15) is 13.2 Å². The van der Waals surface area contributed by atoms with E-state index in [4.69, 9.17) is 4.74 Å². The van der Waals surface area contributed by atoms with Crippen molar-refractivity contribution in [1.29, 1.82) is 0 Å². The summed E-state index contributed by atoms with van der Waals surface area (Å²) in [6.45, 7) is 0.895. The molecular formula is C29H29N5O4S. The van der Waals surface area contributed by atoms with Gasteiger partial charge in [-0.3, -0.25) is 14.5 Å². The number of pyridine rings is 2. The van der Waals surface area contributed by atoms with Crippen molar-refractivity contribution in [2.45, 2.75) is 29.6 Å². The molecule has 2 N–H and O–H groups in total. The highest BCUT2D eigenvalue weighted by Crippen LogP contribution is 2.55. The van der Waals surface area contributed by atoms with E-state index < -0.39 is 15.4 Å². The number of benzene rings is 2. The average Bonchev–Trinajstić information content (AvgIpc) is 3.16. The lowest BCUT2D eigenvalue weighted by Gasteiger charge is -2.37. The van der Waals surface area contributed by atoms with Gasteiger partial charge in [-0.05, 0) is 55.8 Å². The van der Waals surface area contributed by atoms with Gasteiger partial charge in [0, 0.05) is 36.3 Å². The Bertz CT molecular complexity index is 1690. The number of carbonyl (C=O) groups excluding carboxylic acids is 1. The molecule has 1 aliphatic carbocycles. The molecule has 1 spiro atoms. The molecule has 6 rings (SSSR count). The number of ether oxygens (including phenoxy) is 1. The monoisotopic (exact) mass is 543 g/mol. The molecule has 2 aromatic heterocycles. The third-order valence-electron chi connectivity index (χ3n) is 7.68. The van der Waals surface area contributed by atoms with E-state index in [2.05, 4.69) is 20.0 Å². The summed E-state index contributed by atoms with van der Waals surface area (Å²) in [5.41, 5.74) is 4.02. The number of nitrogens with zero attached hydrogens (tertiary/aromatic N) is 3. The van der Waals surface area contributed by atoms with Crippen molar-refractivity contribution in [2.24, 2.45) is 0 Å². The van der Waals surface area contributed by atoms with Crippen LogP contribution in [0.15, 0.2) is 71.9 Å². The molecule has 0 unspecified atom stereocenters. The van der Waals surface area contributed by atoms with Gasteiger partial charge < -0.3 is 15.0 Å². The first-order chi connectivity index (χ1) is 18.8. The summed E-state index contributed by atoms with van der Waals surface area (Å²) in [5, 5.41) is 3.94. The van der Waals surface area contributed by atoms with Crippen molar-refractivity contribution in [1.82, 2.24) is 15.3 Å². The van der Waals surface area contributed by atoms with Crippen LogP contribution in [0.1, 0.15) is 24.8 Å². The van der Waals surface area contributed by atoms with Gasteiger partial charge >= 0.3 is 0 Å². The summed E-state index contributed by atoms with van der Waals surface area (Å²) >= 11 is 0. The van der Waals surface area contributed by atoms with Crippen LogP contribution in [-0.4, -0.2) is 51.5 Å². The quantitative estimate of drug-likeness (QED) is 0.322. The number of nitrogens with one attached hydrogen (secondary N) is 2. The first kappa shape index (κ1) is 25.3. The summed E-state index contributed by atoms with van der Waals surface area (Å²) < 4.78 is 34.8. The zero-order valence-corrected chi connectivity index (χ0v) is 22.6. The van der Waals surface area contributed by atoms with Crippen molar-refractivity contribution in [3.8, 4) is 17.0 Å². The number of hydrogen-bond donors (Lipinski definition) is 2. The van der Waals surface area contributed by atoms with Crippen molar-refractivity contribution in [3.63, 3.8) is 0 Å². The number of amides is 1. The van der Waals surface area contributed by atoms with Crippen LogP contribution >= 0.6 is 0 Å². The minimum Gasteiger partial charge on any atom is -0.475 e. The molecule has 0 radical (unpaired) electrons. The topological polar surface area (TPSA) is 114 Å². The van der Waals surface area contributed by atoms with Crippen molar-refractivity contribution >= 4 is 38.2 Å². The second-order valence-corrected chi connectivity index (χ2v) is 11.7. The predicted octanol–water partition coefficient (Wildman–Crippen LogP) is 4.09. The molecule has 10 heteroatoms. The number of anilines is 2. The minimum atomic E-state index is -3.87. The Morgan fingerprint density at radius 1 is 1.03 bits per heavy atom. The molecule has 9 nitrogen and oxygen atoms in total. The van der Waals surface area contributed by atoms with Crippen LogP contribution in [0.25, 0.3) is 22.0 Å². The molecule has 0 saturated heterocycles. The normalized spacial score (nSPS) is 15.8. The number of rotatable bonds is 8. The van der Waals surface area contributed by atoms with Gasteiger partial charge in [0.25, 0.3) is 10.0 Å². The van der Waals surface area contributed by atoms with E-state index in [0.29, 0.717) is 18.7 Å². The second-order valence-electron chi connectivity index (χ2n) is 10.00. The number of sulfonamides is 1. The van der Waals surface area contributed by atoms with Crippen LogP contribution < -0.4 is 19.7 Å². The standard InChI is InChI=1S/C29H29N5O4S/c1-30-13-14-38-27-24(33-39(36,37)21-7-4-3-5-8-21)16-20(17-32-27)19-9-10-23-22(15-19)26-25(18-31-23)34(2)28(35)29(26)11-6-12-29/h3-5,7-10,15-18,30,33H,6,11-14H2,1-2H3. The van der Waals surface area contributed by atoms with Crippen LogP contribution in [-0.2, 0) is 20.2 Å². The molecule has 1 amide bonds. The Morgan fingerprint density at radius 2 is 1.82 bits per heavy atom. The summed E-state index contributed by atoms with van der Waals surface area (Å²) in [6, 6.07) is 15.8.